The van der Waals surface area contributed by atoms with Crippen LogP contribution in [0.1, 0.15) is 58.3 Å². The quantitative estimate of drug-likeness (QED) is 0.583. The van der Waals surface area contributed by atoms with Gasteiger partial charge in [-0.15, -0.1) is 0 Å². The number of hydrogen-bond donors (Lipinski definition) is 1. The van der Waals surface area contributed by atoms with Crippen molar-refractivity contribution < 1.29 is 8.42 Å². The summed E-state index contributed by atoms with van der Waals surface area (Å²) >= 11 is 0. The Hall–Kier alpha value is -0.0900. The van der Waals surface area contributed by atoms with Crippen molar-refractivity contribution in [2.24, 2.45) is 0 Å². The van der Waals surface area contributed by atoms with Crippen LogP contribution in [-0.4, -0.2) is 33.5 Å². The Labute approximate surface area is 107 Å². The number of rotatable bonds is 11. The van der Waals surface area contributed by atoms with Gasteiger partial charge in [0.25, 0.3) is 0 Å². The van der Waals surface area contributed by atoms with Crippen LogP contribution in [0.5, 0.6) is 0 Å². The van der Waals surface area contributed by atoms with Gasteiger partial charge in [0, 0.05) is 12.3 Å². The van der Waals surface area contributed by atoms with Gasteiger partial charge >= 0.3 is 0 Å². The number of hydrogen-bond acceptors (Lipinski definition) is 3. The van der Waals surface area contributed by atoms with Gasteiger partial charge in [-0.05, 0) is 13.5 Å². The van der Waals surface area contributed by atoms with Gasteiger partial charge in [0.2, 0.25) is 0 Å². The van der Waals surface area contributed by atoms with E-state index in [4.69, 9.17) is 0 Å². The normalized spacial score (nSPS) is 13.8. The molecule has 3 nitrogen and oxygen atoms in total. The molecule has 0 fully saturated rings. The molecule has 0 saturated carbocycles. The third kappa shape index (κ3) is 12.2. The summed E-state index contributed by atoms with van der Waals surface area (Å²) in [4.78, 5) is 0. The van der Waals surface area contributed by atoms with Crippen molar-refractivity contribution in [3.8, 4) is 0 Å². The fourth-order valence-electron chi connectivity index (χ4n) is 2.02. The van der Waals surface area contributed by atoms with Gasteiger partial charge in [-0.2, -0.15) is 0 Å². The number of sulfone groups is 1. The van der Waals surface area contributed by atoms with Gasteiger partial charge in [-0.25, -0.2) is 8.42 Å². The maximum atomic E-state index is 11.2. The zero-order chi connectivity index (χ0) is 13.1. The third-order valence-corrected chi connectivity index (χ3v) is 4.08. The van der Waals surface area contributed by atoms with Gasteiger partial charge in [0.15, 0.2) is 0 Å². The molecule has 1 unspecified atom stereocenters. The van der Waals surface area contributed by atoms with Crippen LogP contribution >= 0.6 is 0 Å². The highest BCUT2D eigenvalue weighted by molar-refractivity contribution is 7.90. The van der Waals surface area contributed by atoms with Crippen molar-refractivity contribution in [2.45, 2.75) is 64.3 Å². The summed E-state index contributed by atoms with van der Waals surface area (Å²) in [6.07, 6.45) is 11.2. The molecule has 0 aromatic rings. The largest absolute Gasteiger partial charge is 0.316 e. The summed E-state index contributed by atoms with van der Waals surface area (Å²) < 4.78 is 22.3. The van der Waals surface area contributed by atoms with Crippen molar-refractivity contribution in [3.63, 3.8) is 0 Å². The van der Waals surface area contributed by atoms with E-state index in [0.717, 1.165) is 12.8 Å². The van der Waals surface area contributed by atoms with E-state index in [9.17, 15) is 8.42 Å². The van der Waals surface area contributed by atoms with Crippen LogP contribution < -0.4 is 5.32 Å². The molecule has 0 radical (unpaired) electrons. The number of unbranched alkanes of at least 4 members (excludes halogenated alkanes) is 6. The molecule has 0 heterocycles. The van der Waals surface area contributed by atoms with Crippen molar-refractivity contribution in [1.82, 2.24) is 5.32 Å². The summed E-state index contributed by atoms with van der Waals surface area (Å²) in [6.45, 7) is 2.22. The van der Waals surface area contributed by atoms with Crippen molar-refractivity contribution in [1.29, 1.82) is 0 Å². The summed E-state index contributed by atoms with van der Waals surface area (Å²) in [5, 5.41) is 3.09. The van der Waals surface area contributed by atoms with Crippen LogP contribution in [0.15, 0.2) is 0 Å². The Balaban J connectivity index is 3.50. The average molecular weight is 263 g/mol. The molecule has 0 rings (SSSR count). The summed E-state index contributed by atoms with van der Waals surface area (Å²) in [5.74, 6) is 0.263. The highest BCUT2D eigenvalue weighted by atomic mass is 32.2. The maximum absolute atomic E-state index is 11.2. The van der Waals surface area contributed by atoms with Gasteiger partial charge in [-0.1, -0.05) is 51.9 Å². The zero-order valence-corrected chi connectivity index (χ0v) is 12.5. The topological polar surface area (TPSA) is 46.2 Å². The SMILES string of the molecule is CCCCCCCCCC(CS(C)(=O)=O)NC. The van der Waals surface area contributed by atoms with Crippen LogP contribution in [0.4, 0.5) is 0 Å². The fraction of sp³-hybridized carbons (Fsp3) is 1.00. The van der Waals surface area contributed by atoms with Crippen LogP contribution in [0.2, 0.25) is 0 Å². The standard InChI is InChI=1S/C13H29NO2S/c1-4-5-6-7-8-9-10-11-13(14-2)12-17(3,15)16/h13-14H,4-12H2,1-3H3. The summed E-state index contributed by atoms with van der Waals surface area (Å²) in [5.41, 5.74) is 0. The molecular formula is C13H29NO2S. The second-order valence-corrected chi connectivity index (χ2v) is 7.17. The van der Waals surface area contributed by atoms with Gasteiger partial charge in [0.1, 0.15) is 9.84 Å². The molecule has 4 heteroatoms. The first-order chi connectivity index (χ1) is 7.99. The molecule has 0 aliphatic heterocycles. The van der Waals surface area contributed by atoms with Crippen LogP contribution in [0, 0.1) is 0 Å². The van der Waals surface area contributed by atoms with Crippen LogP contribution in [0.25, 0.3) is 0 Å². The third-order valence-electron chi connectivity index (χ3n) is 3.07. The van der Waals surface area contributed by atoms with Gasteiger partial charge in [0.05, 0.1) is 5.75 Å². The van der Waals surface area contributed by atoms with E-state index >= 15 is 0 Å². The molecule has 1 atom stereocenters. The monoisotopic (exact) mass is 263 g/mol. The molecule has 0 aromatic carbocycles. The Morgan fingerprint density at radius 1 is 1.00 bits per heavy atom. The lowest BCUT2D eigenvalue weighted by molar-refractivity contribution is 0.501. The summed E-state index contributed by atoms with van der Waals surface area (Å²) in [7, 11) is -1.01. The van der Waals surface area contributed by atoms with Crippen molar-refractivity contribution in [2.75, 3.05) is 19.1 Å². The molecule has 0 aliphatic rings. The van der Waals surface area contributed by atoms with Crippen molar-refractivity contribution in [3.05, 3.63) is 0 Å². The fourth-order valence-corrected chi connectivity index (χ4v) is 3.09. The molecular weight excluding hydrogens is 234 g/mol. The molecule has 0 amide bonds. The minimum Gasteiger partial charge on any atom is -0.316 e. The predicted octanol–water partition coefficient (Wildman–Crippen LogP) is 2.76. The predicted molar refractivity (Wildman–Crippen MR) is 75.2 cm³/mol. The molecule has 104 valence electrons. The van der Waals surface area contributed by atoms with E-state index in [1.807, 2.05) is 7.05 Å². The second-order valence-electron chi connectivity index (χ2n) is 4.99. The summed E-state index contributed by atoms with van der Waals surface area (Å²) in [6, 6.07) is 0.126. The van der Waals surface area contributed by atoms with Gasteiger partial charge < -0.3 is 5.32 Å². The van der Waals surface area contributed by atoms with E-state index in [2.05, 4.69) is 12.2 Å². The lowest BCUT2D eigenvalue weighted by Gasteiger charge is -2.14. The first-order valence-corrected chi connectivity index (χ1v) is 8.90. The first kappa shape index (κ1) is 16.9. The molecule has 0 bridgehead atoms. The van der Waals surface area contributed by atoms with E-state index < -0.39 is 9.84 Å². The Bertz CT molecular complexity index is 263. The smallest absolute Gasteiger partial charge is 0.148 e. The molecule has 0 aliphatic carbocycles. The van der Waals surface area contributed by atoms with E-state index in [0.29, 0.717) is 0 Å². The zero-order valence-electron chi connectivity index (χ0n) is 11.7. The Kier molecular flexibility index (Phi) is 9.84. The molecule has 0 aromatic heterocycles. The van der Waals surface area contributed by atoms with Crippen LogP contribution in [-0.2, 0) is 9.84 Å². The van der Waals surface area contributed by atoms with Gasteiger partial charge in [-0.3, -0.25) is 0 Å². The van der Waals surface area contributed by atoms with Crippen LogP contribution in [0.3, 0.4) is 0 Å². The average Bonchev–Trinajstić information content (AvgIpc) is 2.24. The van der Waals surface area contributed by atoms with Crippen molar-refractivity contribution >= 4 is 9.84 Å². The highest BCUT2D eigenvalue weighted by Crippen LogP contribution is 2.10. The lowest BCUT2D eigenvalue weighted by atomic mass is 10.1. The van der Waals surface area contributed by atoms with E-state index in [-0.39, 0.29) is 11.8 Å². The molecule has 1 N–H and O–H groups in total. The molecule has 0 spiro atoms. The Morgan fingerprint density at radius 3 is 2.00 bits per heavy atom. The minimum atomic E-state index is -2.85. The van der Waals surface area contributed by atoms with E-state index in [1.54, 1.807) is 0 Å². The Morgan fingerprint density at radius 2 is 1.53 bits per heavy atom. The molecule has 17 heavy (non-hydrogen) atoms. The number of nitrogens with one attached hydrogen (secondary N) is 1. The minimum absolute atomic E-state index is 0.126. The highest BCUT2D eigenvalue weighted by Gasteiger charge is 2.12. The van der Waals surface area contributed by atoms with E-state index in [1.165, 1.54) is 44.8 Å². The lowest BCUT2D eigenvalue weighted by Crippen LogP contribution is -2.32. The molecule has 0 saturated heterocycles. The first-order valence-electron chi connectivity index (χ1n) is 6.84. The maximum Gasteiger partial charge on any atom is 0.148 e. The second kappa shape index (κ2) is 9.89.